The first-order chi connectivity index (χ1) is 14.7. The van der Waals surface area contributed by atoms with Gasteiger partial charge in [0.25, 0.3) is 0 Å². The molecule has 1 amide bonds. The van der Waals surface area contributed by atoms with Gasteiger partial charge in [-0.3, -0.25) is 4.79 Å². The summed E-state index contributed by atoms with van der Waals surface area (Å²) in [7, 11) is 0. The molecule has 0 fully saturated rings. The van der Waals surface area contributed by atoms with Gasteiger partial charge < -0.3 is 24.8 Å². The normalized spacial score (nSPS) is 14.4. The lowest BCUT2D eigenvalue weighted by molar-refractivity contribution is -0.154. The molecule has 0 aliphatic rings. The number of aliphatic hydroxyl groups excluding tert-OH is 1. The highest BCUT2D eigenvalue weighted by Crippen LogP contribution is 2.24. The molecular weight excluding hydrogens is 398 g/mol. The van der Waals surface area contributed by atoms with Gasteiger partial charge in [0.05, 0.1) is 18.6 Å². The molecule has 2 aromatic rings. The minimum absolute atomic E-state index is 0.0131. The van der Waals surface area contributed by atoms with Crippen LogP contribution in [0.25, 0.3) is 0 Å². The second kappa shape index (κ2) is 11.6. The van der Waals surface area contributed by atoms with Crippen molar-refractivity contribution >= 4 is 11.9 Å². The largest absolute Gasteiger partial charge is 0.479 e. The maximum Gasteiger partial charge on any atom is 0.333 e. The molecule has 31 heavy (non-hydrogen) atoms. The molecule has 1 aromatic carbocycles. The van der Waals surface area contributed by atoms with Gasteiger partial charge in [0.2, 0.25) is 5.91 Å². The van der Waals surface area contributed by atoms with Gasteiger partial charge in [0.15, 0.2) is 6.10 Å². The number of nitrogens with one attached hydrogen (secondary N) is 1. The Hall–Kier alpha value is -2.71. The maximum absolute atomic E-state index is 12.9. The van der Waals surface area contributed by atoms with Crippen LogP contribution in [0.1, 0.15) is 51.5 Å². The summed E-state index contributed by atoms with van der Waals surface area (Å²) in [6.45, 7) is 8.35. The second-order valence-corrected chi connectivity index (χ2v) is 8.47. The minimum Gasteiger partial charge on any atom is -0.479 e. The summed E-state index contributed by atoms with van der Waals surface area (Å²) in [5.41, 5.74) is 1.05. The number of ether oxygens (including phenoxy) is 1. The molecule has 0 saturated carbocycles. The minimum atomic E-state index is -1.76. The third-order valence-electron chi connectivity index (χ3n) is 5.03. The smallest absolute Gasteiger partial charge is 0.333 e. The van der Waals surface area contributed by atoms with E-state index < -0.39 is 29.9 Å². The molecule has 3 N–H and O–H groups in total. The van der Waals surface area contributed by atoms with Gasteiger partial charge in [-0.1, -0.05) is 58.0 Å². The van der Waals surface area contributed by atoms with Crippen molar-refractivity contribution in [3.05, 3.63) is 54.1 Å². The molecule has 170 valence electrons. The Bertz CT molecular complexity index is 835. The molecule has 0 unspecified atom stereocenters. The highest BCUT2D eigenvalue weighted by Gasteiger charge is 2.35. The van der Waals surface area contributed by atoms with Crippen LogP contribution in [0.15, 0.2) is 42.7 Å². The van der Waals surface area contributed by atoms with Crippen LogP contribution in [0.4, 0.5) is 0 Å². The van der Waals surface area contributed by atoms with Crippen molar-refractivity contribution in [3.63, 3.8) is 0 Å². The van der Waals surface area contributed by atoms with Crippen LogP contribution in [-0.2, 0) is 27.7 Å². The van der Waals surface area contributed by atoms with Gasteiger partial charge in [0.1, 0.15) is 12.6 Å². The Labute approximate surface area is 183 Å². The van der Waals surface area contributed by atoms with E-state index in [-0.39, 0.29) is 25.0 Å². The highest BCUT2D eigenvalue weighted by atomic mass is 16.5. The van der Waals surface area contributed by atoms with Crippen LogP contribution in [0, 0.1) is 17.8 Å². The van der Waals surface area contributed by atoms with Crippen LogP contribution >= 0.6 is 0 Å². The summed E-state index contributed by atoms with van der Waals surface area (Å²) in [6.07, 6.45) is 1.92. The summed E-state index contributed by atoms with van der Waals surface area (Å²) < 4.78 is 7.62. The number of imidazole rings is 1. The molecule has 0 aliphatic heterocycles. The summed E-state index contributed by atoms with van der Waals surface area (Å²) in [4.78, 5) is 28.6. The molecule has 1 heterocycles. The Morgan fingerprint density at radius 3 is 2.42 bits per heavy atom. The van der Waals surface area contributed by atoms with Crippen LogP contribution < -0.4 is 5.32 Å². The molecule has 0 bridgehead atoms. The van der Waals surface area contributed by atoms with Gasteiger partial charge in [-0.05, 0) is 23.8 Å². The van der Waals surface area contributed by atoms with E-state index in [9.17, 15) is 19.8 Å². The van der Waals surface area contributed by atoms with E-state index in [0.29, 0.717) is 12.4 Å². The molecule has 3 atom stereocenters. The number of aliphatic hydroxyl groups is 1. The van der Waals surface area contributed by atoms with Gasteiger partial charge in [0, 0.05) is 12.4 Å². The van der Waals surface area contributed by atoms with E-state index in [2.05, 4.69) is 10.3 Å². The first kappa shape index (κ1) is 24.6. The first-order valence-corrected chi connectivity index (χ1v) is 10.5. The van der Waals surface area contributed by atoms with Crippen LogP contribution in [0.5, 0.6) is 0 Å². The third-order valence-corrected chi connectivity index (χ3v) is 5.03. The monoisotopic (exact) mass is 431 g/mol. The van der Waals surface area contributed by atoms with E-state index in [1.807, 2.05) is 62.6 Å². The summed E-state index contributed by atoms with van der Waals surface area (Å²) in [5, 5.41) is 22.2. The van der Waals surface area contributed by atoms with Gasteiger partial charge in [-0.2, -0.15) is 0 Å². The Morgan fingerprint density at radius 1 is 1.16 bits per heavy atom. The predicted octanol–water partition coefficient (Wildman–Crippen LogP) is 2.98. The Morgan fingerprint density at radius 2 is 1.84 bits per heavy atom. The Balaban J connectivity index is 2.12. The lowest BCUT2D eigenvalue weighted by Crippen LogP contribution is -2.44. The lowest BCUT2D eigenvalue weighted by Gasteiger charge is -2.27. The molecule has 8 heteroatoms. The highest BCUT2D eigenvalue weighted by molar-refractivity contribution is 5.86. The third kappa shape index (κ3) is 7.18. The fraction of sp³-hybridized carbons (Fsp3) is 0.522. The first-order valence-electron chi connectivity index (χ1n) is 10.5. The number of carbonyl (C=O) groups excluding carboxylic acids is 1. The molecule has 8 nitrogen and oxygen atoms in total. The fourth-order valence-corrected chi connectivity index (χ4v) is 3.39. The summed E-state index contributed by atoms with van der Waals surface area (Å²) >= 11 is 0. The number of nitrogens with zero attached hydrogens (tertiary/aromatic N) is 2. The zero-order chi connectivity index (χ0) is 23.0. The van der Waals surface area contributed by atoms with E-state index in [4.69, 9.17) is 4.74 Å². The average Bonchev–Trinajstić information content (AvgIpc) is 3.18. The van der Waals surface area contributed by atoms with Crippen LogP contribution in [0.3, 0.4) is 0 Å². The van der Waals surface area contributed by atoms with Crippen molar-refractivity contribution in [2.45, 2.75) is 59.6 Å². The molecule has 0 aliphatic carbocycles. The van der Waals surface area contributed by atoms with Gasteiger partial charge in [-0.15, -0.1) is 0 Å². The maximum atomic E-state index is 12.9. The quantitative estimate of drug-likeness (QED) is 0.476. The predicted molar refractivity (Wildman–Crippen MR) is 116 cm³/mol. The number of hydrogen-bond acceptors (Lipinski definition) is 5. The number of carboxylic acid groups (broad SMARTS) is 1. The standard InChI is InChI=1S/C23H33N3O5/c1-15(2)12-18(20(27)23(29)30)22(28)25-19(16(3)4)21-24-10-11-26(21)14-31-13-17-8-6-5-7-9-17/h5-11,15-16,18-20,27H,12-14H2,1-4H3,(H,25,28)(H,29,30)/t18-,19+,20+/m1/s1. The van der Waals surface area contributed by atoms with E-state index in [0.717, 1.165) is 5.56 Å². The van der Waals surface area contributed by atoms with Crippen molar-refractivity contribution in [1.82, 2.24) is 14.9 Å². The summed E-state index contributed by atoms with van der Waals surface area (Å²) in [5.74, 6) is -2.29. The number of rotatable bonds is 12. The number of amides is 1. The SMILES string of the molecule is CC(C)C[C@@H](C(=O)N[C@H](c1nccn1COCc1ccccc1)C(C)C)[C@H](O)C(=O)O. The number of aliphatic carboxylic acids is 1. The van der Waals surface area contributed by atoms with Crippen molar-refractivity contribution in [2.75, 3.05) is 0 Å². The van der Waals surface area contributed by atoms with Crippen LogP contribution in [-0.4, -0.2) is 37.7 Å². The molecule has 1 aromatic heterocycles. The number of carboxylic acids is 1. The molecule has 2 rings (SSSR count). The number of hydrogen-bond donors (Lipinski definition) is 3. The molecule has 0 radical (unpaired) electrons. The number of benzene rings is 1. The second-order valence-electron chi connectivity index (χ2n) is 8.47. The van der Waals surface area contributed by atoms with Gasteiger partial charge >= 0.3 is 5.97 Å². The summed E-state index contributed by atoms with van der Waals surface area (Å²) in [6, 6.07) is 9.35. The lowest BCUT2D eigenvalue weighted by atomic mass is 9.90. The molecule has 0 spiro atoms. The average molecular weight is 432 g/mol. The van der Waals surface area contributed by atoms with Crippen molar-refractivity contribution in [1.29, 1.82) is 0 Å². The Kier molecular flexibility index (Phi) is 9.21. The van der Waals surface area contributed by atoms with Crippen molar-refractivity contribution < 1.29 is 24.5 Å². The van der Waals surface area contributed by atoms with Crippen molar-refractivity contribution in [2.24, 2.45) is 17.8 Å². The van der Waals surface area contributed by atoms with Crippen LogP contribution in [0.2, 0.25) is 0 Å². The molecular formula is C23H33N3O5. The fourth-order valence-electron chi connectivity index (χ4n) is 3.39. The van der Waals surface area contributed by atoms with E-state index >= 15 is 0 Å². The van der Waals surface area contributed by atoms with Gasteiger partial charge in [-0.25, -0.2) is 9.78 Å². The van der Waals surface area contributed by atoms with Crippen molar-refractivity contribution in [3.8, 4) is 0 Å². The number of carbonyl (C=O) groups is 2. The van der Waals surface area contributed by atoms with E-state index in [1.165, 1.54) is 0 Å². The topological polar surface area (TPSA) is 114 Å². The number of aromatic nitrogens is 2. The van der Waals surface area contributed by atoms with E-state index in [1.54, 1.807) is 12.4 Å². The zero-order valence-corrected chi connectivity index (χ0v) is 18.6. The molecule has 0 saturated heterocycles. The zero-order valence-electron chi connectivity index (χ0n) is 18.6.